The highest BCUT2D eigenvalue weighted by atomic mass is 32.2. The molecule has 0 bridgehead atoms. The molecule has 1 aromatic rings. The van der Waals surface area contributed by atoms with Crippen molar-refractivity contribution in [3.05, 3.63) is 23.8 Å². The zero-order valence-corrected chi connectivity index (χ0v) is 18.3. The molecule has 2 N–H and O–H groups in total. The Balaban J connectivity index is 1.35. The van der Waals surface area contributed by atoms with E-state index in [1.165, 1.54) is 6.42 Å². The molecular weight excluding hydrogens is 402 g/mol. The molecule has 2 amide bonds. The van der Waals surface area contributed by atoms with Crippen molar-refractivity contribution < 1.29 is 18.0 Å². The average Bonchev–Trinajstić information content (AvgIpc) is 3.50. The zero-order chi connectivity index (χ0) is 21.3. The van der Waals surface area contributed by atoms with Crippen LogP contribution in [0.5, 0.6) is 0 Å². The van der Waals surface area contributed by atoms with Crippen LogP contribution in [0.1, 0.15) is 63.9 Å². The molecule has 4 rings (SSSR count). The van der Waals surface area contributed by atoms with Gasteiger partial charge in [-0.05, 0) is 62.8 Å². The summed E-state index contributed by atoms with van der Waals surface area (Å²) in [7, 11) is -3.70. The second-order valence-electron chi connectivity index (χ2n) is 8.88. The molecule has 0 radical (unpaired) electrons. The summed E-state index contributed by atoms with van der Waals surface area (Å²) in [6.07, 6.45) is 8.18. The van der Waals surface area contributed by atoms with E-state index in [-0.39, 0.29) is 47.7 Å². The summed E-state index contributed by atoms with van der Waals surface area (Å²) in [6.45, 7) is 2.07. The largest absolute Gasteiger partial charge is 0.353 e. The lowest BCUT2D eigenvalue weighted by Gasteiger charge is -2.23. The van der Waals surface area contributed by atoms with E-state index in [1.807, 2.05) is 11.8 Å². The topological polar surface area (TPSA) is 95.6 Å². The second kappa shape index (κ2) is 8.67. The van der Waals surface area contributed by atoms with Crippen LogP contribution in [0, 0.1) is 5.92 Å². The summed E-state index contributed by atoms with van der Waals surface area (Å²) in [6, 6.07) is 5.22. The molecule has 8 heteroatoms. The van der Waals surface area contributed by atoms with Crippen LogP contribution in [0.4, 0.5) is 5.69 Å². The third-order valence-electron chi connectivity index (χ3n) is 6.36. The van der Waals surface area contributed by atoms with Crippen LogP contribution in [0.15, 0.2) is 23.1 Å². The number of benzene rings is 1. The van der Waals surface area contributed by atoms with Crippen molar-refractivity contribution in [2.24, 2.45) is 5.92 Å². The molecule has 30 heavy (non-hydrogen) atoms. The Bertz CT molecular complexity index is 920. The molecular formula is C22H31N3O4S. The summed E-state index contributed by atoms with van der Waals surface area (Å²) in [5.74, 6) is 0.170. The maximum Gasteiger partial charge on any atom is 0.240 e. The van der Waals surface area contributed by atoms with Crippen LogP contribution in [0.3, 0.4) is 0 Å². The number of amides is 2. The fraction of sp³-hybridized carbons (Fsp3) is 0.636. The maximum atomic E-state index is 12.7. The third kappa shape index (κ3) is 4.70. The number of nitrogens with one attached hydrogen (secondary N) is 2. The van der Waals surface area contributed by atoms with Crippen LogP contribution >= 0.6 is 0 Å². The van der Waals surface area contributed by atoms with E-state index < -0.39 is 10.0 Å². The van der Waals surface area contributed by atoms with Gasteiger partial charge in [0.25, 0.3) is 0 Å². The third-order valence-corrected chi connectivity index (χ3v) is 7.81. The number of carbonyl (C=O) groups excluding carboxylic acids is 2. The molecule has 0 aromatic heterocycles. The van der Waals surface area contributed by atoms with Gasteiger partial charge in [0, 0.05) is 36.7 Å². The van der Waals surface area contributed by atoms with E-state index in [0.29, 0.717) is 6.42 Å². The zero-order valence-electron chi connectivity index (χ0n) is 17.5. The summed E-state index contributed by atoms with van der Waals surface area (Å²) >= 11 is 0. The maximum absolute atomic E-state index is 12.7. The minimum absolute atomic E-state index is 0.0440. The Morgan fingerprint density at radius 1 is 1.10 bits per heavy atom. The van der Waals surface area contributed by atoms with E-state index in [0.717, 1.165) is 49.8 Å². The predicted octanol–water partition coefficient (Wildman–Crippen LogP) is 2.49. The molecule has 164 valence electrons. The first-order valence-corrected chi connectivity index (χ1v) is 12.6. The SMILES string of the molecule is CC1Cc2cc(S(=O)(=O)NCCC(=O)NC3CCCCC3)ccc2N1C(=O)C1CC1. The molecule has 0 saturated heterocycles. The van der Waals surface area contributed by atoms with Crippen molar-refractivity contribution >= 4 is 27.5 Å². The Morgan fingerprint density at radius 3 is 2.53 bits per heavy atom. The Morgan fingerprint density at radius 2 is 1.83 bits per heavy atom. The van der Waals surface area contributed by atoms with Crippen molar-refractivity contribution in [3.8, 4) is 0 Å². The van der Waals surface area contributed by atoms with E-state index in [1.54, 1.807) is 18.2 Å². The van der Waals surface area contributed by atoms with E-state index in [2.05, 4.69) is 10.0 Å². The summed E-state index contributed by atoms with van der Waals surface area (Å²) in [5.41, 5.74) is 1.71. The fourth-order valence-corrected chi connectivity index (χ4v) is 5.65. The molecule has 2 fully saturated rings. The molecule has 7 nitrogen and oxygen atoms in total. The predicted molar refractivity (Wildman–Crippen MR) is 115 cm³/mol. The highest BCUT2D eigenvalue weighted by Gasteiger charge is 2.39. The van der Waals surface area contributed by atoms with Crippen molar-refractivity contribution in [2.75, 3.05) is 11.4 Å². The Hall–Kier alpha value is -1.93. The van der Waals surface area contributed by atoms with Crippen LogP contribution < -0.4 is 14.9 Å². The molecule has 0 spiro atoms. The summed E-state index contributed by atoms with van der Waals surface area (Å²) in [4.78, 5) is 26.7. The smallest absolute Gasteiger partial charge is 0.240 e. The van der Waals surface area contributed by atoms with Crippen LogP contribution in [-0.4, -0.2) is 38.9 Å². The molecule has 1 atom stereocenters. The van der Waals surface area contributed by atoms with Crippen LogP contribution in [0.25, 0.3) is 0 Å². The van der Waals surface area contributed by atoms with Crippen LogP contribution in [-0.2, 0) is 26.0 Å². The highest BCUT2D eigenvalue weighted by molar-refractivity contribution is 7.89. The van der Waals surface area contributed by atoms with Gasteiger partial charge in [-0.3, -0.25) is 9.59 Å². The van der Waals surface area contributed by atoms with Gasteiger partial charge in [0.1, 0.15) is 0 Å². The second-order valence-corrected chi connectivity index (χ2v) is 10.6. The number of hydrogen-bond donors (Lipinski definition) is 2. The summed E-state index contributed by atoms with van der Waals surface area (Å²) in [5, 5.41) is 3.00. The Kier molecular flexibility index (Phi) is 6.16. The minimum atomic E-state index is -3.70. The molecule has 3 aliphatic rings. The van der Waals surface area contributed by atoms with Gasteiger partial charge in [0.15, 0.2) is 0 Å². The van der Waals surface area contributed by atoms with Gasteiger partial charge in [-0.1, -0.05) is 19.3 Å². The van der Waals surface area contributed by atoms with E-state index in [4.69, 9.17) is 0 Å². The number of carbonyl (C=O) groups is 2. The number of anilines is 1. The number of fused-ring (bicyclic) bond motifs is 1. The highest BCUT2D eigenvalue weighted by Crippen LogP contribution is 2.39. The van der Waals surface area contributed by atoms with Gasteiger partial charge in [0.05, 0.1) is 4.90 Å². The lowest BCUT2D eigenvalue weighted by Crippen LogP contribution is -2.38. The normalized spacial score (nSPS) is 22.0. The molecule has 1 aliphatic heterocycles. The lowest BCUT2D eigenvalue weighted by molar-refractivity contribution is -0.122. The van der Waals surface area contributed by atoms with Gasteiger partial charge in [0.2, 0.25) is 21.8 Å². The average molecular weight is 434 g/mol. The van der Waals surface area contributed by atoms with E-state index >= 15 is 0 Å². The van der Waals surface area contributed by atoms with Gasteiger partial charge >= 0.3 is 0 Å². The molecule has 2 saturated carbocycles. The monoisotopic (exact) mass is 433 g/mol. The lowest BCUT2D eigenvalue weighted by atomic mass is 9.95. The molecule has 1 heterocycles. The fourth-order valence-electron chi connectivity index (χ4n) is 4.57. The van der Waals surface area contributed by atoms with Crippen LogP contribution in [0.2, 0.25) is 0 Å². The van der Waals surface area contributed by atoms with Gasteiger partial charge in [-0.25, -0.2) is 13.1 Å². The number of rotatable bonds is 7. The number of sulfonamides is 1. The quantitative estimate of drug-likeness (QED) is 0.691. The molecule has 1 aromatic carbocycles. The van der Waals surface area contributed by atoms with E-state index in [9.17, 15) is 18.0 Å². The molecule has 2 aliphatic carbocycles. The van der Waals surface area contributed by atoms with Crippen molar-refractivity contribution in [1.29, 1.82) is 0 Å². The first-order valence-electron chi connectivity index (χ1n) is 11.1. The Labute approximate surface area is 178 Å². The number of hydrogen-bond acceptors (Lipinski definition) is 4. The first kappa shape index (κ1) is 21.3. The van der Waals surface area contributed by atoms with Crippen molar-refractivity contribution in [2.45, 2.75) is 81.7 Å². The van der Waals surface area contributed by atoms with Crippen molar-refractivity contribution in [3.63, 3.8) is 0 Å². The van der Waals surface area contributed by atoms with Gasteiger partial charge < -0.3 is 10.2 Å². The first-order chi connectivity index (χ1) is 14.3. The standard InChI is InChI=1S/C22H31N3O4S/c1-15-13-17-14-19(9-10-20(17)25(15)22(27)16-7-8-16)30(28,29)23-12-11-21(26)24-18-5-3-2-4-6-18/h9-10,14-16,18,23H,2-8,11-13H2,1H3,(H,24,26). The van der Waals surface area contributed by atoms with Gasteiger partial charge in [-0.2, -0.15) is 0 Å². The molecule has 1 unspecified atom stereocenters. The summed E-state index contributed by atoms with van der Waals surface area (Å²) < 4.78 is 27.9. The van der Waals surface area contributed by atoms with Crippen molar-refractivity contribution in [1.82, 2.24) is 10.0 Å². The minimum Gasteiger partial charge on any atom is -0.353 e. The van der Waals surface area contributed by atoms with Gasteiger partial charge in [-0.15, -0.1) is 0 Å². The number of nitrogens with zero attached hydrogens (tertiary/aromatic N) is 1.